The third-order valence-corrected chi connectivity index (χ3v) is 4.68. The second kappa shape index (κ2) is 3.80. The fraction of sp³-hybridized carbons (Fsp3) is 0.667. The Morgan fingerprint density at radius 1 is 1.25 bits per heavy atom. The maximum atomic E-state index is 6.20. The van der Waals surface area contributed by atoms with Crippen molar-refractivity contribution < 1.29 is 0 Å². The van der Waals surface area contributed by atoms with Crippen molar-refractivity contribution in [3.63, 3.8) is 0 Å². The maximum absolute atomic E-state index is 6.20. The summed E-state index contributed by atoms with van der Waals surface area (Å²) in [5.74, 6) is 0.919. The summed E-state index contributed by atoms with van der Waals surface area (Å²) in [5.41, 5.74) is 1.26. The quantitative estimate of drug-likeness (QED) is 0.563. The minimum atomic E-state index is 0.0170. The predicted molar refractivity (Wildman–Crippen MR) is 75.0 cm³/mol. The van der Waals surface area contributed by atoms with Gasteiger partial charge in [0.1, 0.15) is 11.0 Å². The second-order valence-electron chi connectivity index (χ2n) is 5.81. The van der Waals surface area contributed by atoms with E-state index in [2.05, 4.69) is 55.3 Å². The lowest BCUT2D eigenvalue weighted by Crippen LogP contribution is -2.20. The molecule has 1 aromatic heterocycles. The lowest BCUT2D eigenvalue weighted by Gasteiger charge is -2.21. The van der Waals surface area contributed by atoms with Crippen LogP contribution in [0.25, 0.3) is 0 Å². The van der Waals surface area contributed by atoms with E-state index in [1.54, 1.807) is 0 Å². The zero-order valence-electron chi connectivity index (χ0n) is 10.1. The Balaban J connectivity index is 2.56. The standard InChI is InChI=1S/C12H16ClIN2/c1-11(2,3)8-7(14)9(13)16-10(15-8)12(4)5-6-12/h5-6H2,1-4H3. The molecule has 88 valence electrons. The fourth-order valence-corrected chi connectivity index (χ4v) is 2.82. The lowest BCUT2D eigenvalue weighted by atomic mass is 9.91. The number of nitrogens with zero attached hydrogens (tertiary/aromatic N) is 2. The minimum absolute atomic E-state index is 0.0170. The summed E-state index contributed by atoms with van der Waals surface area (Å²) in [6, 6.07) is 0. The molecule has 2 rings (SSSR count). The summed E-state index contributed by atoms with van der Waals surface area (Å²) in [6.45, 7) is 8.68. The molecule has 1 fully saturated rings. The first-order chi connectivity index (χ1) is 7.24. The molecule has 1 aromatic rings. The number of hydrogen-bond acceptors (Lipinski definition) is 2. The van der Waals surface area contributed by atoms with Crippen LogP contribution in [0.3, 0.4) is 0 Å². The number of hydrogen-bond donors (Lipinski definition) is 0. The van der Waals surface area contributed by atoms with Gasteiger partial charge in [-0.25, -0.2) is 9.97 Å². The Labute approximate surface area is 115 Å². The normalized spacial score (nSPS) is 18.6. The molecule has 1 heterocycles. The van der Waals surface area contributed by atoms with Crippen molar-refractivity contribution in [3.05, 3.63) is 20.2 Å². The molecule has 0 radical (unpaired) electrons. The average molecular weight is 351 g/mol. The van der Waals surface area contributed by atoms with Crippen molar-refractivity contribution in [2.75, 3.05) is 0 Å². The van der Waals surface area contributed by atoms with Crippen molar-refractivity contribution >= 4 is 34.2 Å². The van der Waals surface area contributed by atoms with E-state index in [4.69, 9.17) is 16.6 Å². The molecule has 16 heavy (non-hydrogen) atoms. The van der Waals surface area contributed by atoms with Crippen molar-refractivity contribution in [2.45, 2.75) is 51.4 Å². The Bertz CT molecular complexity index is 433. The smallest absolute Gasteiger partial charge is 0.146 e. The molecule has 0 aliphatic heterocycles. The molecule has 0 unspecified atom stereocenters. The van der Waals surface area contributed by atoms with Crippen LogP contribution in [0.15, 0.2) is 0 Å². The van der Waals surface area contributed by atoms with Crippen molar-refractivity contribution in [2.24, 2.45) is 0 Å². The van der Waals surface area contributed by atoms with E-state index in [1.165, 1.54) is 12.8 Å². The molecule has 4 heteroatoms. The van der Waals surface area contributed by atoms with Crippen LogP contribution in [0.1, 0.15) is 52.1 Å². The van der Waals surface area contributed by atoms with Crippen LogP contribution < -0.4 is 0 Å². The van der Waals surface area contributed by atoms with Crippen molar-refractivity contribution in [3.8, 4) is 0 Å². The van der Waals surface area contributed by atoms with Crippen LogP contribution >= 0.6 is 34.2 Å². The highest BCUT2D eigenvalue weighted by atomic mass is 127. The highest BCUT2D eigenvalue weighted by molar-refractivity contribution is 14.1. The van der Waals surface area contributed by atoms with Crippen LogP contribution in [0.4, 0.5) is 0 Å². The molecule has 0 saturated heterocycles. The molecule has 1 aliphatic rings. The zero-order chi connectivity index (χ0) is 12.1. The molecule has 2 nitrogen and oxygen atoms in total. The van der Waals surface area contributed by atoms with E-state index in [9.17, 15) is 0 Å². The van der Waals surface area contributed by atoms with Crippen LogP contribution in [0.5, 0.6) is 0 Å². The summed E-state index contributed by atoms with van der Waals surface area (Å²) >= 11 is 8.44. The van der Waals surface area contributed by atoms with Gasteiger partial charge in [-0.05, 0) is 35.4 Å². The van der Waals surface area contributed by atoms with Crippen LogP contribution in [-0.2, 0) is 10.8 Å². The monoisotopic (exact) mass is 350 g/mol. The van der Waals surface area contributed by atoms with E-state index in [0.29, 0.717) is 5.15 Å². The highest BCUT2D eigenvalue weighted by Crippen LogP contribution is 2.47. The van der Waals surface area contributed by atoms with E-state index in [1.807, 2.05) is 0 Å². The Kier molecular flexibility index (Phi) is 2.98. The molecule has 0 spiro atoms. The molecular weight excluding hydrogens is 335 g/mol. The lowest BCUT2D eigenvalue weighted by molar-refractivity contribution is 0.549. The first-order valence-electron chi connectivity index (χ1n) is 5.48. The molecule has 1 saturated carbocycles. The van der Waals surface area contributed by atoms with Gasteiger partial charge in [0.2, 0.25) is 0 Å². The van der Waals surface area contributed by atoms with Crippen LogP contribution in [0.2, 0.25) is 5.15 Å². The SMILES string of the molecule is CC(C)(C)c1nc(C2(C)CC2)nc(Cl)c1I. The van der Waals surface area contributed by atoms with Crippen LogP contribution in [0, 0.1) is 3.57 Å². The van der Waals surface area contributed by atoms with Gasteiger partial charge in [0.25, 0.3) is 0 Å². The van der Waals surface area contributed by atoms with Gasteiger partial charge in [-0.3, -0.25) is 0 Å². The third kappa shape index (κ3) is 2.21. The summed E-state index contributed by atoms with van der Waals surface area (Å²) in [7, 11) is 0. The largest absolute Gasteiger partial charge is 0.236 e. The van der Waals surface area contributed by atoms with Gasteiger partial charge in [0, 0.05) is 10.8 Å². The minimum Gasteiger partial charge on any atom is -0.236 e. The van der Waals surface area contributed by atoms with Gasteiger partial charge in [0.15, 0.2) is 0 Å². The number of rotatable bonds is 1. The van der Waals surface area contributed by atoms with E-state index < -0.39 is 0 Å². The fourth-order valence-electron chi connectivity index (χ4n) is 1.60. The first kappa shape index (κ1) is 12.6. The first-order valence-corrected chi connectivity index (χ1v) is 6.94. The summed E-state index contributed by atoms with van der Waals surface area (Å²) in [4.78, 5) is 9.16. The Morgan fingerprint density at radius 3 is 2.25 bits per heavy atom. The van der Waals surface area contributed by atoms with E-state index in [0.717, 1.165) is 15.1 Å². The van der Waals surface area contributed by atoms with Gasteiger partial charge in [-0.2, -0.15) is 0 Å². The van der Waals surface area contributed by atoms with Crippen molar-refractivity contribution in [1.29, 1.82) is 0 Å². The maximum Gasteiger partial charge on any atom is 0.146 e. The summed E-state index contributed by atoms with van der Waals surface area (Å²) < 4.78 is 0.986. The van der Waals surface area contributed by atoms with Gasteiger partial charge in [-0.15, -0.1) is 0 Å². The van der Waals surface area contributed by atoms with Gasteiger partial charge in [-0.1, -0.05) is 39.3 Å². The van der Waals surface area contributed by atoms with Crippen molar-refractivity contribution in [1.82, 2.24) is 9.97 Å². The van der Waals surface area contributed by atoms with Crippen LogP contribution in [-0.4, -0.2) is 9.97 Å². The molecule has 0 bridgehead atoms. The predicted octanol–water partition coefficient (Wildman–Crippen LogP) is 4.08. The highest BCUT2D eigenvalue weighted by Gasteiger charge is 2.43. The molecule has 0 amide bonds. The number of aromatic nitrogens is 2. The molecular formula is C12H16ClIN2. The van der Waals surface area contributed by atoms with Gasteiger partial charge >= 0.3 is 0 Å². The second-order valence-corrected chi connectivity index (χ2v) is 7.25. The van der Waals surface area contributed by atoms with E-state index in [-0.39, 0.29) is 10.8 Å². The van der Waals surface area contributed by atoms with E-state index >= 15 is 0 Å². The zero-order valence-corrected chi connectivity index (χ0v) is 13.0. The molecule has 1 aliphatic carbocycles. The Hall–Kier alpha value is 0.100. The topological polar surface area (TPSA) is 25.8 Å². The summed E-state index contributed by atoms with van der Waals surface area (Å²) in [6.07, 6.45) is 2.35. The van der Waals surface area contributed by atoms with Gasteiger partial charge < -0.3 is 0 Å². The number of halogens is 2. The molecule has 0 N–H and O–H groups in total. The molecule has 0 atom stereocenters. The third-order valence-electron chi connectivity index (χ3n) is 3.06. The molecule has 0 aromatic carbocycles. The summed E-state index contributed by atoms with van der Waals surface area (Å²) in [5, 5.41) is 0.601. The van der Waals surface area contributed by atoms with Gasteiger partial charge in [0.05, 0.1) is 9.26 Å². The Morgan fingerprint density at radius 2 is 1.81 bits per heavy atom. The average Bonchev–Trinajstić information content (AvgIpc) is 2.87.